The van der Waals surface area contributed by atoms with Gasteiger partial charge in [0.2, 0.25) is 0 Å². The van der Waals surface area contributed by atoms with Gasteiger partial charge >= 0.3 is 0 Å². The van der Waals surface area contributed by atoms with E-state index in [1.165, 1.54) is 6.07 Å². The Hall–Kier alpha value is -3.02. The molecule has 0 saturated heterocycles. The first kappa shape index (κ1) is 17.8. The first-order chi connectivity index (χ1) is 12.5. The molecule has 1 heterocycles. The van der Waals surface area contributed by atoms with Crippen LogP contribution < -0.4 is 10.2 Å². The van der Waals surface area contributed by atoms with Crippen LogP contribution in [0.25, 0.3) is 0 Å². The standard InChI is InChI=1S/C20H20F2N4/c1-4-26(16-7-5-6-13(2)10-16)20-12-19(23-14(3)24-20)25-15-8-9-17(21)18(22)11-15/h5-12H,4H2,1-3H3,(H,23,24,25). The van der Waals surface area contributed by atoms with Crippen molar-refractivity contribution in [1.29, 1.82) is 0 Å². The summed E-state index contributed by atoms with van der Waals surface area (Å²) in [5.41, 5.74) is 2.61. The lowest BCUT2D eigenvalue weighted by Crippen LogP contribution is -2.18. The number of nitrogens with zero attached hydrogens (tertiary/aromatic N) is 3. The molecular formula is C20H20F2N4. The maximum Gasteiger partial charge on any atom is 0.160 e. The average Bonchev–Trinajstić information content (AvgIpc) is 2.58. The molecule has 0 fully saturated rings. The van der Waals surface area contributed by atoms with E-state index in [1.54, 1.807) is 13.0 Å². The van der Waals surface area contributed by atoms with Gasteiger partial charge in [-0.3, -0.25) is 0 Å². The predicted octanol–water partition coefficient (Wildman–Crippen LogP) is 5.27. The molecule has 0 unspecified atom stereocenters. The summed E-state index contributed by atoms with van der Waals surface area (Å²) < 4.78 is 26.5. The van der Waals surface area contributed by atoms with Gasteiger partial charge in [0.25, 0.3) is 0 Å². The van der Waals surface area contributed by atoms with Gasteiger partial charge in [-0.1, -0.05) is 12.1 Å². The Bertz CT molecular complexity index is 927. The van der Waals surface area contributed by atoms with Gasteiger partial charge in [0.15, 0.2) is 11.6 Å². The molecule has 0 radical (unpaired) electrons. The highest BCUT2D eigenvalue weighted by atomic mass is 19.2. The highest BCUT2D eigenvalue weighted by Gasteiger charge is 2.12. The molecule has 134 valence electrons. The molecule has 1 aromatic heterocycles. The highest BCUT2D eigenvalue weighted by molar-refractivity contribution is 5.65. The first-order valence-electron chi connectivity index (χ1n) is 8.38. The molecule has 3 aromatic rings. The molecular weight excluding hydrogens is 334 g/mol. The molecule has 0 aliphatic rings. The number of hydrogen-bond acceptors (Lipinski definition) is 4. The van der Waals surface area contributed by atoms with E-state index in [9.17, 15) is 8.78 Å². The summed E-state index contributed by atoms with van der Waals surface area (Å²) in [5.74, 6) is 0.0432. The number of nitrogens with one attached hydrogen (secondary N) is 1. The zero-order chi connectivity index (χ0) is 18.7. The van der Waals surface area contributed by atoms with Gasteiger partial charge in [0, 0.05) is 30.1 Å². The Morgan fingerprint density at radius 3 is 2.46 bits per heavy atom. The van der Waals surface area contributed by atoms with Gasteiger partial charge in [0.05, 0.1) is 0 Å². The summed E-state index contributed by atoms with van der Waals surface area (Å²) in [6.07, 6.45) is 0. The van der Waals surface area contributed by atoms with Crippen molar-refractivity contribution in [1.82, 2.24) is 9.97 Å². The van der Waals surface area contributed by atoms with E-state index in [-0.39, 0.29) is 0 Å². The molecule has 3 rings (SSSR count). The molecule has 0 aliphatic heterocycles. The second-order valence-corrected chi connectivity index (χ2v) is 6.00. The summed E-state index contributed by atoms with van der Waals surface area (Å²) in [5, 5.41) is 3.01. The third-order valence-electron chi connectivity index (χ3n) is 3.92. The van der Waals surface area contributed by atoms with Crippen LogP contribution in [0.1, 0.15) is 18.3 Å². The molecule has 0 spiro atoms. The SMILES string of the molecule is CCN(c1cccc(C)c1)c1cc(Nc2ccc(F)c(F)c2)nc(C)n1. The van der Waals surface area contributed by atoms with Crippen molar-refractivity contribution in [2.24, 2.45) is 0 Å². The quantitative estimate of drug-likeness (QED) is 0.677. The van der Waals surface area contributed by atoms with Crippen molar-refractivity contribution < 1.29 is 8.78 Å². The van der Waals surface area contributed by atoms with Gasteiger partial charge < -0.3 is 10.2 Å². The predicted molar refractivity (Wildman–Crippen MR) is 100 cm³/mol. The molecule has 1 N–H and O–H groups in total. The van der Waals surface area contributed by atoms with Crippen LogP contribution in [0, 0.1) is 25.5 Å². The van der Waals surface area contributed by atoms with Crippen LogP contribution in [0.3, 0.4) is 0 Å². The van der Waals surface area contributed by atoms with Crippen LogP contribution in [0.4, 0.5) is 31.8 Å². The number of aromatic nitrogens is 2. The summed E-state index contributed by atoms with van der Waals surface area (Å²) in [4.78, 5) is 10.9. The van der Waals surface area contributed by atoms with Gasteiger partial charge in [-0.05, 0) is 50.6 Å². The van der Waals surface area contributed by atoms with Crippen molar-refractivity contribution in [3.05, 3.63) is 71.6 Å². The van der Waals surface area contributed by atoms with Crippen molar-refractivity contribution >= 4 is 23.0 Å². The maximum absolute atomic E-state index is 13.4. The molecule has 4 nitrogen and oxygen atoms in total. The fourth-order valence-electron chi connectivity index (χ4n) is 2.75. The minimum Gasteiger partial charge on any atom is -0.340 e. The van der Waals surface area contributed by atoms with Gasteiger partial charge in [0.1, 0.15) is 17.5 Å². The summed E-state index contributed by atoms with van der Waals surface area (Å²) in [6, 6.07) is 13.6. The molecule has 0 amide bonds. The van der Waals surface area contributed by atoms with E-state index < -0.39 is 11.6 Å². The van der Waals surface area contributed by atoms with E-state index in [2.05, 4.69) is 26.3 Å². The molecule has 0 bridgehead atoms. The second-order valence-electron chi connectivity index (χ2n) is 6.00. The third kappa shape index (κ3) is 3.96. The lowest BCUT2D eigenvalue weighted by atomic mass is 10.2. The van der Waals surface area contributed by atoms with Crippen LogP contribution in [0.5, 0.6) is 0 Å². The van der Waals surface area contributed by atoms with Crippen molar-refractivity contribution in [3.8, 4) is 0 Å². The summed E-state index contributed by atoms with van der Waals surface area (Å²) in [7, 11) is 0. The highest BCUT2D eigenvalue weighted by Crippen LogP contribution is 2.27. The normalized spacial score (nSPS) is 10.7. The number of aryl methyl sites for hydroxylation is 2. The van der Waals surface area contributed by atoms with Gasteiger partial charge in [-0.25, -0.2) is 18.7 Å². The molecule has 2 aromatic carbocycles. The number of benzene rings is 2. The fraction of sp³-hybridized carbons (Fsp3) is 0.200. The lowest BCUT2D eigenvalue weighted by molar-refractivity contribution is 0.509. The molecule has 26 heavy (non-hydrogen) atoms. The van der Waals surface area contributed by atoms with Crippen molar-refractivity contribution in [2.45, 2.75) is 20.8 Å². The van der Waals surface area contributed by atoms with Crippen LogP contribution in [-0.2, 0) is 0 Å². The molecule has 0 saturated carbocycles. The van der Waals surface area contributed by atoms with E-state index in [0.29, 0.717) is 17.3 Å². The van der Waals surface area contributed by atoms with Gasteiger partial charge in [-0.2, -0.15) is 0 Å². The maximum atomic E-state index is 13.4. The smallest absolute Gasteiger partial charge is 0.160 e. The van der Waals surface area contributed by atoms with Crippen LogP contribution in [0.15, 0.2) is 48.5 Å². The third-order valence-corrected chi connectivity index (χ3v) is 3.92. The van der Waals surface area contributed by atoms with E-state index >= 15 is 0 Å². The average molecular weight is 354 g/mol. The Morgan fingerprint density at radius 2 is 1.77 bits per heavy atom. The van der Waals surface area contributed by atoms with E-state index in [0.717, 1.165) is 35.7 Å². The fourth-order valence-corrected chi connectivity index (χ4v) is 2.75. The Balaban J connectivity index is 1.94. The van der Waals surface area contributed by atoms with Gasteiger partial charge in [-0.15, -0.1) is 0 Å². The van der Waals surface area contributed by atoms with Crippen LogP contribution in [-0.4, -0.2) is 16.5 Å². The zero-order valence-corrected chi connectivity index (χ0v) is 14.9. The number of hydrogen-bond donors (Lipinski definition) is 1. The summed E-state index contributed by atoms with van der Waals surface area (Å²) >= 11 is 0. The molecule has 0 aliphatic carbocycles. The Labute approximate surface area is 151 Å². The van der Waals surface area contributed by atoms with E-state index in [4.69, 9.17) is 0 Å². The summed E-state index contributed by atoms with van der Waals surface area (Å²) in [6.45, 7) is 6.61. The Morgan fingerprint density at radius 1 is 0.962 bits per heavy atom. The first-order valence-corrected chi connectivity index (χ1v) is 8.38. The van der Waals surface area contributed by atoms with Crippen molar-refractivity contribution in [3.63, 3.8) is 0 Å². The topological polar surface area (TPSA) is 41.0 Å². The van der Waals surface area contributed by atoms with Crippen LogP contribution in [0.2, 0.25) is 0 Å². The lowest BCUT2D eigenvalue weighted by Gasteiger charge is -2.23. The molecule has 6 heteroatoms. The monoisotopic (exact) mass is 354 g/mol. The number of rotatable bonds is 5. The largest absolute Gasteiger partial charge is 0.340 e. The second kappa shape index (κ2) is 7.47. The number of anilines is 4. The van der Waals surface area contributed by atoms with Crippen molar-refractivity contribution in [2.75, 3.05) is 16.8 Å². The van der Waals surface area contributed by atoms with E-state index in [1.807, 2.05) is 32.0 Å². The zero-order valence-electron chi connectivity index (χ0n) is 14.9. The minimum atomic E-state index is -0.907. The number of halogens is 2. The van der Waals surface area contributed by atoms with Crippen LogP contribution >= 0.6 is 0 Å². The minimum absolute atomic E-state index is 0.423. The molecule has 0 atom stereocenters. The Kier molecular flexibility index (Phi) is 5.11.